The van der Waals surface area contributed by atoms with E-state index in [2.05, 4.69) is 11.4 Å². The molecule has 1 aromatic rings. The average molecular weight is 246 g/mol. The third-order valence-electron chi connectivity index (χ3n) is 3.03. The number of amides is 1. The second-order valence-corrected chi connectivity index (χ2v) is 4.23. The maximum Gasteiger partial charge on any atom is 0.270 e. The fourth-order valence-electron chi connectivity index (χ4n) is 2.11. The van der Waals surface area contributed by atoms with Gasteiger partial charge in [0, 0.05) is 24.7 Å². The number of carbonyl (C=O) groups is 1. The molecule has 94 valence electrons. The Hall–Kier alpha value is -2.17. The van der Waals surface area contributed by atoms with Crippen molar-refractivity contribution >= 4 is 17.2 Å². The molecular formula is C13H14N2O3. The molecule has 0 spiro atoms. The van der Waals surface area contributed by atoms with Crippen LogP contribution in [0.1, 0.15) is 35.2 Å². The van der Waals surface area contributed by atoms with Crippen LogP contribution in [0, 0.1) is 10.1 Å². The maximum absolute atomic E-state index is 11.6. The van der Waals surface area contributed by atoms with Crippen molar-refractivity contribution in [2.45, 2.75) is 19.3 Å². The molecule has 0 saturated heterocycles. The Kier molecular flexibility index (Phi) is 3.41. The van der Waals surface area contributed by atoms with Gasteiger partial charge in [0.1, 0.15) is 0 Å². The molecule has 1 aliphatic carbocycles. The third kappa shape index (κ3) is 2.40. The first-order chi connectivity index (χ1) is 8.61. The molecule has 1 aromatic carbocycles. The van der Waals surface area contributed by atoms with Gasteiger partial charge in [0.15, 0.2) is 0 Å². The van der Waals surface area contributed by atoms with Crippen molar-refractivity contribution in [2.24, 2.45) is 0 Å². The van der Waals surface area contributed by atoms with Gasteiger partial charge in [0.05, 0.1) is 4.92 Å². The minimum absolute atomic E-state index is 0.0427. The number of nitrogens with one attached hydrogen (secondary N) is 1. The molecule has 1 N–H and O–H groups in total. The Balaban J connectivity index is 2.49. The smallest absolute Gasteiger partial charge is 0.270 e. The molecule has 0 aromatic heterocycles. The standard InChI is InChI=1S/C13H14N2O3/c1-14-13(16)11-6-10(9-4-2-3-5-9)7-12(8-11)15(17)18/h4,6-8H,2-3,5H2,1H3,(H,14,16). The predicted molar refractivity (Wildman–Crippen MR) is 68.3 cm³/mol. The Morgan fingerprint density at radius 3 is 2.72 bits per heavy atom. The van der Waals surface area contributed by atoms with E-state index in [0.717, 1.165) is 30.4 Å². The molecule has 0 saturated carbocycles. The number of rotatable bonds is 3. The summed E-state index contributed by atoms with van der Waals surface area (Å²) >= 11 is 0. The van der Waals surface area contributed by atoms with Crippen LogP contribution in [0.15, 0.2) is 24.3 Å². The monoisotopic (exact) mass is 246 g/mol. The largest absolute Gasteiger partial charge is 0.355 e. The molecule has 0 atom stereocenters. The minimum Gasteiger partial charge on any atom is -0.355 e. The summed E-state index contributed by atoms with van der Waals surface area (Å²) in [5.41, 5.74) is 2.15. The summed E-state index contributed by atoms with van der Waals surface area (Å²) in [6, 6.07) is 4.55. The Morgan fingerprint density at radius 1 is 1.39 bits per heavy atom. The van der Waals surface area contributed by atoms with Crippen LogP contribution in [0.3, 0.4) is 0 Å². The predicted octanol–water partition coefficient (Wildman–Crippen LogP) is 2.52. The molecule has 0 heterocycles. The van der Waals surface area contributed by atoms with Crippen molar-refractivity contribution in [3.8, 4) is 0 Å². The summed E-state index contributed by atoms with van der Waals surface area (Å²) in [7, 11) is 1.51. The summed E-state index contributed by atoms with van der Waals surface area (Å²) < 4.78 is 0. The quantitative estimate of drug-likeness (QED) is 0.658. The number of hydrogen-bond acceptors (Lipinski definition) is 3. The van der Waals surface area contributed by atoms with Crippen molar-refractivity contribution in [3.63, 3.8) is 0 Å². The van der Waals surface area contributed by atoms with Gasteiger partial charge in [-0.15, -0.1) is 0 Å². The zero-order valence-electron chi connectivity index (χ0n) is 10.1. The molecule has 18 heavy (non-hydrogen) atoms. The van der Waals surface area contributed by atoms with Gasteiger partial charge < -0.3 is 5.32 Å². The van der Waals surface area contributed by atoms with Crippen molar-refractivity contribution in [2.75, 3.05) is 7.05 Å². The summed E-state index contributed by atoms with van der Waals surface area (Å²) in [4.78, 5) is 22.0. The van der Waals surface area contributed by atoms with Crippen LogP contribution < -0.4 is 5.32 Å². The van der Waals surface area contributed by atoms with E-state index in [4.69, 9.17) is 0 Å². The number of nitro benzene ring substituents is 1. The molecule has 1 aliphatic rings. The highest BCUT2D eigenvalue weighted by molar-refractivity contribution is 5.95. The molecule has 0 radical (unpaired) electrons. The number of nitrogens with zero attached hydrogens (tertiary/aromatic N) is 1. The second kappa shape index (κ2) is 5.00. The van der Waals surface area contributed by atoms with E-state index >= 15 is 0 Å². The van der Waals surface area contributed by atoms with E-state index in [1.54, 1.807) is 6.07 Å². The first-order valence-corrected chi connectivity index (χ1v) is 5.83. The normalized spacial score (nSPS) is 14.2. The minimum atomic E-state index is -0.467. The molecule has 2 rings (SSSR count). The lowest BCUT2D eigenvalue weighted by molar-refractivity contribution is -0.384. The van der Waals surface area contributed by atoms with Crippen LogP contribution in [0.2, 0.25) is 0 Å². The Bertz CT molecular complexity index is 535. The van der Waals surface area contributed by atoms with Crippen molar-refractivity contribution in [1.29, 1.82) is 0 Å². The number of hydrogen-bond donors (Lipinski definition) is 1. The molecule has 5 heteroatoms. The van der Waals surface area contributed by atoms with Gasteiger partial charge in [-0.2, -0.15) is 0 Å². The first-order valence-electron chi connectivity index (χ1n) is 5.83. The van der Waals surface area contributed by atoms with E-state index in [1.165, 1.54) is 19.2 Å². The van der Waals surface area contributed by atoms with Gasteiger partial charge in [-0.1, -0.05) is 6.08 Å². The van der Waals surface area contributed by atoms with Crippen LogP contribution in [-0.2, 0) is 0 Å². The number of nitro groups is 1. The van der Waals surface area contributed by atoms with Crippen LogP contribution >= 0.6 is 0 Å². The van der Waals surface area contributed by atoms with Crippen LogP contribution in [0.4, 0.5) is 5.69 Å². The Labute approximate surface area is 105 Å². The van der Waals surface area contributed by atoms with Gasteiger partial charge in [0.2, 0.25) is 0 Å². The van der Waals surface area contributed by atoms with Crippen molar-refractivity contribution < 1.29 is 9.72 Å². The SMILES string of the molecule is CNC(=O)c1cc(C2=CCCC2)cc([N+](=O)[O-])c1. The fourth-order valence-corrected chi connectivity index (χ4v) is 2.11. The molecule has 0 unspecified atom stereocenters. The molecule has 0 aliphatic heterocycles. The van der Waals surface area contributed by atoms with Gasteiger partial charge in [-0.25, -0.2) is 0 Å². The maximum atomic E-state index is 11.6. The first kappa shape index (κ1) is 12.3. The highest BCUT2D eigenvalue weighted by Crippen LogP contribution is 2.30. The summed E-state index contributed by atoms with van der Waals surface area (Å²) in [5.74, 6) is -0.307. The van der Waals surface area contributed by atoms with Gasteiger partial charge in [-0.05, 0) is 36.5 Å². The van der Waals surface area contributed by atoms with E-state index in [0.29, 0.717) is 5.56 Å². The second-order valence-electron chi connectivity index (χ2n) is 4.23. The van der Waals surface area contributed by atoms with Crippen LogP contribution in [0.25, 0.3) is 5.57 Å². The topological polar surface area (TPSA) is 72.2 Å². The van der Waals surface area contributed by atoms with E-state index < -0.39 is 4.92 Å². The molecule has 0 bridgehead atoms. The van der Waals surface area contributed by atoms with E-state index in [1.807, 2.05) is 0 Å². The van der Waals surface area contributed by atoms with Crippen molar-refractivity contribution in [1.82, 2.24) is 5.32 Å². The van der Waals surface area contributed by atoms with Crippen molar-refractivity contribution in [3.05, 3.63) is 45.5 Å². The Morgan fingerprint density at radius 2 is 2.17 bits per heavy atom. The number of non-ortho nitro benzene ring substituents is 1. The summed E-state index contributed by atoms with van der Waals surface area (Å²) in [6.45, 7) is 0. The number of benzene rings is 1. The number of allylic oxidation sites excluding steroid dienone is 2. The summed E-state index contributed by atoms with van der Waals surface area (Å²) in [6.07, 6.45) is 5.04. The zero-order chi connectivity index (χ0) is 13.1. The molecule has 0 fully saturated rings. The lowest BCUT2D eigenvalue weighted by Crippen LogP contribution is -2.18. The van der Waals surface area contributed by atoms with Gasteiger partial charge in [0.25, 0.3) is 11.6 Å². The van der Waals surface area contributed by atoms with Gasteiger partial charge in [-0.3, -0.25) is 14.9 Å². The summed E-state index contributed by atoms with van der Waals surface area (Å²) in [5, 5.41) is 13.4. The van der Waals surface area contributed by atoms with Crippen LogP contribution in [0.5, 0.6) is 0 Å². The van der Waals surface area contributed by atoms with Gasteiger partial charge >= 0.3 is 0 Å². The van der Waals surface area contributed by atoms with E-state index in [-0.39, 0.29) is 11.6 Å². The number of carbonyl (C=O) groups excluding carboxylic acids is 1. The molecule has 5 nitrogen and oxygen atoms in total. The molecule has 1 amide bonds. The molecular weight excluding hydrogens is 232 g/mol. The highest BCUT2D eigenvalue weighted by Gasteiger charge is 2.16. The average Bonchev–Trinajstić information content (AvgIpc) is 2.91. The van der Waals surface area contributed by atoms with Crippen LogP contribution in [-0.4, -0.2) is 17.9 Å². The fraction of sp³-hybridized carbons (Fsp3) is 0.308. The zero-order valence-corrected chi connectivity index (χ0v) is 10.1. The third-order valence-corrected chi connectivity index (χ3v) is 3.03. The lowest BCUT2D eigenvalue weighted by atomic mass is 10.0. The highest BCUT2D eigenvalue weighted by atomic mass is 16.6. The lowest BCUT2D eigenvalue weighted by Gasteiger charge is -2.06. The van der Waals surface area contributed by atoms with E-state index in [9.17, 15) is 14.9 Å².